The minimum absolute atomic E-state index is 0.195. The Kier molecular flexibility index (Phi) is 3.22. The fourth-order valence-electron chi connectivity index (χ4n) is 1.73. The van der Waals surface area contributed by atoms with Gasteiger partial charge in [-0.15, -0.1) is 0 Å². The van der Waals surface area contributed by atoms with Crippen LogP contribution in [0.2, 0.25) is 0 Å². The lowest BCUT2D eigenvalue weighted by Crippen LogP contribution is -2.22. The molecule has 1 atom stereocenters. The Balaban J connectivity index is 2.41. The van der Waals surface area contributed by atoms with Crippen molar-refractivity contribution in [2.45, 2.75) is 12.5 Å². The van der Waals surface area contributed by atoms with Gasteiger partial charge in [-0.3, -0.25) is 0 Å². The first-order valence-corrected chi connectivity index (χ1v) is 6.07. The molecule has 3 heteroatoms. The van der Waals surface area contributed by atoms with E-state index in [-0.39, 0.29) is 5.75 Å². The molecule has 0 aliphatic carbocycles. The van der Waals surface area contributed by atoms with Gasteiger partial charge in [0.2, 0.25) is 0 Å². The van der Waals surface area contributed by atoms with Gasteiger partial charge in [0, 0.05) is 4.47 Å². The number of aliphatic hydroxyl groups is 1. The topological polar surface area (TPSA) is 40.5 Å². The zero-order valence-corrected chi connectivity index (χ0v) is 11.0. The molecule has 88 valence electrons. The zero-order valence-electron chi connectivity index (χ0n) is 9.39. The summed E-state index contributed by atoms with van der Waals surface area (Å²) in [5.74, 6) is 0.195. The van der Waals surface area contributed by atoms with Crippen LogP contribution in [0.1, 0.15) is 18.1 Å². The van der Waals surface area contributed by atoms with E-state index >= 15 is 0 Å². The molecule has 1 unspecified atom stereocenters. The van der Waals surface area contributed by atoms with Crippen LogP contribution >= 0.6 is 15.9 Å². The first-order chi connectivity index (χ1) is 8.00. The third-order valence-corrected chi connectivity index (χ3v) is 3.36. The molecule has 0 spiro atoms. The number of benzene rings is 2. The third-order valence-electron chi connectivity index (χ3n) is 2.84. The largest absolute Gasteiger partial charge is 0.508 e. The van der Waals surface area contributed by atoms with Gasteiger partial charge in [-0.25, -0.2) is 0 Å². The highest BCUT2D eigenvalue weighted by Crippen LogP contribution is 2.30. The molecule has 0 bridgehead atoms. The van der Waals surface area contributed by atoms with E-state index < -0.39 is 5.60 Å². The first-order valence-electron chi connectivity index (χ1n) is 5.28. The summed E-state index contributed by atoms with van der Waals surface area (Å²) in [4.78, 5) is 0. The molecule has 0 saturated carbocycles. The Morgan fingerprint density at radius 3 is 1.76 bits per heavy atom. The fraction of sp³-hybridized carbons (Fsp3) is 0.143. The molecule has 0 amide bonds. The summed E-state index contributed by atoms with van der Waals surface area (Å²) in [6.45, 7) is 1.74. The van der Waals surface area contributed by atoms with Crippen molar-refractivity contribution in [3.63, 3.8) is 0 Å². The molecule has 2 N–H and O–H groups in total. The minimum atomic E-state index is -1.06. The summed E-state index contributed by atoms with van der Waals surface area (Å²) in [6, 6.07) is 14.1. The van der Waals surface area contributed by atoms with Crippen molar-refractivity contribution >= 4 is 15.9 Å². The van der Waals surface area contributed by atoms with Crippen molar-refractivity contribution < 1.29 is 10.2 Å². The average molecular weight is 293 g/mol. The van der Waals surface area contributed by atoms with Crippen LogP contribution in [0.3, 0.4) is 0 Å². The molecule has 0 heterocycles. The van der Waals surface area contributed by atoms with Gasteiger partial charge in [0.25, 0.3) is 0 Å². The third kappa shape index (κ3) is 2.51. The number of phenolic OH excluding ortho intramolecular Hbond substituents is 1. The second kappa shape index (κ2) is 4.51. The highest BCUT2D eigenvalue weighted by atomic mass is 79.9. The van der Waals surface area contributed by atoms with Crippen LogP contribution < -0.4 is 0 Å². The normalized spacial score (nSPS) is 14.3. The van der Waals surface area contributed by atoms with Crippen molar-refractivity contribution in [3.05, 3.63) is 64.1 Å². The van der Waals surface area contributed by atoms with E-state index in [0.717, 1.165) is 15.6 Å². The molecular weight excluding hydrogens is 280 g/mol. The number of rotatable bonds is 2. The first kappa shape index (κ1) is 12.1. The van der Waals surface area contributed by atoms with Gasteiger partial charge < -0.3 is 10.2 Å². The van der Waals surface area contributed by atoms with E-state index in [1.54, 1.807) is 31.2 Å². The second-order valence-electron chi connectivity index (χ2n) is 4.13. The Labute approximate surface area is 109 Å². The van der Waals surface area contributed by atoms with Crippen molar-refractivity contribution in [2.24, 2.45) is 0 Å². The molecule has 2 rings (SSSR count). The quantitative estimate of drug-likeness (QED) is 0.890. The average Bonchev–Trinajstić information content (AvgIpc) is 2.30. The van der Waals surface area contributed by atoms with Gasteiger partial charge in [-0.2, -0.15) is 0 Å². The predicted octanol–water partition coefficient (Wildman–Crippen LogP) is 3.41. The van der Waals surface area contributed by atoms with E-state index in [2.05, 4.69) is 15.9 Å². The maximum Gasteiger partial charge on any atom is 0.115 e. The van der Waals surface area contributed by atoms with Crippen LogP contribution in [0.4, 0.5) is 0 Å². The van der Waals surface area contributed by atoms with Gasteiger partial charge in [-0.05, 0) is 42.3 Å². The minimum Gasteiger partial charge on any atom is -0.508 e. The summed E-state index contributed by atoms with van der Waals surface area (Å²) >= 11 is 3.36. The molecule has 0 saturated heterocycles. The number of hydrogen-bond donors (Lipinski definition) is 2. The molecule has 0 aliphatic rings. The smallest absolute Gasteiger partial charge is 0.115 e. The number of phenols is 1. The van der Waals surface area contributed by atoms with E-state index in [1.807, 2.05) is 24.3 Å². The maximum atomic E-state index is 10.5. The summed E-state index contributed by atoms with van der Waals surface area (Å²) in [7, 11) is 0. The Bertz CT molecular complexity index is 453. The lowest BCUT2D eigenvalue weighted by atomic mass is 9.88. The van der Waals surface area contributed by atoms with Crippen molar-refractivity contribution in [1.82, 2.24) is 0 Å². The van der Waals surface area contributed by atoms with Gasteiger partial charge in [0.1, 0.15) is 11.4 Å². The summed E-state index contributed by atoms with van der Waals surface area (Å²) in [5, 5.41) is 19.8. The molecule has 0 fully saturated rings. The molecule has 0 radical (unpaired) electrons. The Morgan fingerprint density at radius 1 is 0.882 bits per heavy atom. The Hall–Kier alpha value is -1.32. The van der Waals surface area contributed by atoms with Gasteiger partial charge in [-0.1, -0.05) is 40.2 Å². The monoisotopic (exact) mass is 292 g/mol. The molecule has 2 aromatic carbocycles. The summed E-state index contributed by atoms with van der Waals surface area (Å²) in [5.41, 5.74) is 0.498. The second-order valence-corrected chi connectivity index (χ2v) is 5.04. The molecular formula is C14H13BrO2. The summed E-state index contributed by atoms with van der Waals surface area (Å²) in [6.07, 6.45) is 0. The van der Waals surface area contributed by atoms with Crippen LogP contribution in [0.15, 0.2) is 53.0 Å². The molecule has 0 aliphatic heterocycles. The van der Waals surface area contributed by atoms with Gasteiger partial charge >= 0.3 is 0 Å². The van der Waals surface area contributed by atoms with Crippen molar-refractivity contribution in [2.75, 3.05) is 0 Å². The van der Waals surface area contributed by atoms with E-state index in [9.17, 15) is 10.2 Å². The fourth-order valence-corrected chi connectivity index (χ4v) is 1.99. The van der Waals surface area contributed by atoms with E-state index in [1.165, 1.54) is 0 Å². The van der Waals surface area contributed by atoms with Gasteiger partial charge in [0.15, 0.2) is 0 Å². The molecule has 0 aromatic heterocycles. The lowest BCUT2D eigenvalue weighted by Gasteiger charge is -2.24. The van der Waals surface area contributed by atoms with E-state index in [0.29, 0.717) is 0 Å². The van der Waals surface area contributed by atoms with Crippen molar-refractivity contribution in [3.8, 4) is 5.75 Å². The van der Waals surface area contributed by atoms with E-state index in [4.69, 9.17) is 0 Å². The van der Waals surface area contributed by atoms with Crippen LogP contribution in [-0.4, -0.2) is 10.2 Å². The summed E-state index contributed by atoms with van der Waals surface area (Å²) < 4.78 is 0.975. The van der Waals surface area contributed by atoms with Crippen LogP contribution in [0, 0.1) is 0 Å². The predicted molar refractivity (Wildman–Crippen MR) is 70.9 cm³/mol. The van der Waals surface area contributed by atoms with Crippen LogP contribution in [0.25, 0.3) is 0 Å². The molecule has 2 aromatic rings. The maximum absolute atomic E-state index is 10.5. The van der Waals surface area contributed by atoms with Gasteiger partial charge in [0.05, 0.1) is 0 Å². The van der Waals surface area contributed by atoms with Crippen LogP contribution in [-0.2, 0) is 5.60 Å². The highest BCUT2D eigenvalue weighted by Gasteiger charge is 2.25. The standard InChI is InChI=1S/C14H13BrO2/c1-14(17,10-2-6-12(15)7-3-10)11-4-8-13(16)9-5-11/h2-9,16-17H,1H3. The number of halogens is 1. The zero-order chi connectivity index (χ0) is 12.5. The number of aromatic hydroxyl groups is 1. The highest BCUT2D eigenvalue weighted by molar-refractivity contribution is 9.10. The van der Waals surface area contributed by atoms with Crippen molar-refractivity contribution in [1.29, 1.82) is 0 Å². The SMILES string of the molecule is CC(O)(c1ccc(O)cc1)c1ccc(Br)cc1. The number of hydrogen-bond acceptors (Lipinski definition) is 2. The Morgan fingerprint density at radius 2 is 1.29 bits per heavy atom. The lowest BCUT2D eigenvalue weighted by molar-refractivity contribution is 0.102. The molecule has 17 heavy (non-hydrogen) atoms. The van der Waals surface area contributed by atoms with Crippen LogP contribution in [0.5, 0.6) is 5.75 Å². The molecule has 2 nitrogen and oxygen atoms in total.